The molecule has 0 radical (unpaired) electrons. The number of rotatable bonds is 3. The summed E-state index contributed by atoms with van der Waals surface area (Å²) in [6.45, 7) is 5.99. The topological polar surface area (TPSA) is 59.1 Å². The molecule has 0 bridgehead atoms. The third-order valence-corrected chi connectivity index (χ3v) is 5.84. The van der Waals surface area contributed by atoms with E-state index in [-0.39, 0.29) is 17.3 Å². The van der Waals surface area contributed by atoms with Gasteiger partial charge in [0.25, 0.3) is 0 Å². The highest BCUT2D eigenvalue weighted by Gasteiger charge is 2.39. The normalized spacial score (nSPS) is 29.4. The van der Waals surface area contributed by atoms with Gasteiger partial charge in [-0.1, -0.05) is 0 Å². The highest BCUT2D eigenvalue weighted by molar-refractivity contribution is 7.91. The van der Waals surface area contributed by atoms with Crippen molar-refractivity contribution in [3.63, 3.8) is 0 Å². The Kier molecular flexibility index (Phi) is 3.31. The Morgan fingerprint density at radius 2 is 2.29 bits per heavy atom. The van der Waals surface area contributed by atoms with Gasteiger partial charge in [-0.15, -0.1) is 11.3 Å². The molecule has 0 saturated carbocycles. The van der Waals surface area contributed by atoms with Crippen LogP contribution in [0.15, 0.2) is 5.38 Å². The summed E-state index contributed by atoms with van der Waals surface area (Å²) >= 11 is 1.62. The van der Waals surface area contributed by atoms with Gasteiger partial charge < -0.3 is 5.32 Å². The van der Waals surface area contributed by atoms with Crippen molar-refractivity contribution in [2.45, 2.75) is 38.8 Å². The maximum Gasteiger partial charge on any atom is 0.152 e. The molecule has 1 N–H and O–H groups in total. The highest BCUT2D eigenvalue weighted by atomic mass is 32.2. The van der Waals surface area contributed by atoms with Crippen LogP contribution in [0, 0.1) is 6.92 Å². The van der Waals surface area contributed by atoms with Crippen LogP contribution in [0.4, 0.5) is 0 Å². The first-order valence-corrected chi connectivity index (χ1v) is 8.40. The molecule has 4 nitrogen and oxygen atoms in total. The van der Waals surface area contributed by atoms with Crippen molar-refractivity contribution in [3.05, 3.63) is 16.1 Å². The van der Waals surface area contributed by atoms with Gasteiger partial charge in [0.1, 0.15) is 0 Å². The lowest BCUT2D eigenvalue weighted by Gasteiger charge is -2.27. The van der Waals surface area contributed by atoms with E-state index in [0.717, 1.165) is 10.7 Å². The van der Waals surface area contributed by atoms with Crippen molar-refractivity contribution in [2.75, 3.05) is 11.5 Å². The molecule has 2 heterocycles. The molecule has 1 aromatic heterocycles. The standard InChI is InChI=1S/C11H18N2O2S2/c1-8(10-6-16-9(2)12-10)13-11(3)4-5-17(14,15)7-11/h6,8,13H,4-5,7H2,1-3H3. The molecule has 2 atom stereocenters. The van der Waals surface area contributed by atoms with Gasteiger partial charge >= 0.3 is 0 Å². The molecule has 2 rings (SSSR count). The van der Waals surface area contributed by atoms with Gasteiger partial charge in [-0.3, -0.25) is 0 Å². The molecule has 0 amide bonds. The van der Waals surface area contributed by atoms with Gasteiger partial charge in [0, 0.05) is 17.0 Å². The molecule has 1 aromatic rings. The molecule has 96 valence electrons. The van der Waals surface area contributed by atoms with E-state index in [1.54, 1.807) is 11.3 Å². The SMILES string of the molecule is Cc1nc(C(C)NC2(C)CCS(=O)(=O)C2)cs1. The molecule has 1 aliphatic rings. The lowest BCUT2D eigenvalue weighted by Crippen LogP contribution is -2.44. The monoisotopic (exact) mass is 274 g/mol. The summed E-state index contributed by atoms with van der Waals surface area (Å²) in [5.74, 6) is 0.521. The average Bonchev–Trinajstić information content (AvgIpc) is 2.71. The van der Waals surface area contributed by atoms with E-state index >= 15 is 0 Å². The third kappa shape index (κ3) is 3.05. The Morgan fingerprint density at radius 1 is 1.59 bits per heavy atom. The molecule has 2 unspecified atom stereocenters. The maximum absolute atomic E-state index is 11.5. The summed E-state index contributed by atoms with van der Waals surface area (Å²) in [4.78, 5) is 4.43. The molecule has 1 aliphatic heterocycles. The number of nitrogens with one attached hydrogen (secondary N) is 1. The van der Waals surface area contributed by atoms with Crippen molar-refractivity contribution < 1.29 is 8.42 Å². The Hall–Kier alpha value is -0.460. The molecule has 1 fully saturated rings. The molecular formula is C11H18N2O2S2. The van der Waals surface area contributed by atoms with Crippen molar-refractivity contribution >= 4 is 21.2 Å². The second kappa shape index (κ2) is 4.33. The van der Waals surface area contributed by atoms with Gasteiger partial charge in [0.2, 0.25) is 0 Å². The first-order valence-electron chi connectivity index (χ1n) is 5.70. The van der Waals surface area contributed by atoms with Gasteiger partial charge in [0.05, 0.1) is 22.2 Å². The van der Waals surface area contributed by atoms with Crippen LogP contribution in [0.2, 0.25) is 0 Å². The fourth-order valence-corrected chi connectivity index (χ4v) is 5.11. The minimum atomic E-state index is -2.86. The predicted octanol–water partition coefficient (Wildman–Crippen LogP) is 1.68. The fraction of sp³-hybridized carbons (Fsp3) is 0.727. The Balaban J connectivity index is 2.07. The van der Waals surface area contributed by atoms with Crippen LogP contribution >= 0.6 is 11.3 Å². The van der Waals surface area contributed by atoms with Gasteiger partial charge in [0.15, 0.2) is 9.84 Å². The zero-order valence-electron chi connectivity index (χ0n) is 10.4. The molecule has 0 spiro atoms. The van der Waals surface area contributed by atoms with Crippen molar-refractivity contribution in [1.82, 2.24) is 10.3 Å². The summed E-state index contributed by atoms with van der Waals surface area (Å²) in [7, 11) is -2.86. The zero-order valence-corrected chi connectivity index (χ0v) is 12.0. The number of sulfone groups is 1. The highest BCUT2D eigenvalue weighted by Crippen LogP contribution is 2.27. The summed E-state index contributed by atoms with van der Waals surface area (Å²) < 4.78 is 23.0. The fourth-order valence-electron chi connectivity index (χ4n) is 2.30. The van der Waals surface area contributed by atoms with Crippen molar-refractivity contribution in [3.8, 4) is 0 Å². The average molecular weight is 274 g/mol. The summed E-state index contributed by atoms with van der Waals surface area (Å²) in [6.07, 6.45) is 0.683. The largest absolute Gasteiger partial charge is 0.302 e. The lowest BCUT2D eigenvalue weighted by molar-refractivity contribution is 0.352. The van der Waals surface area contributed by atoms with Crippen LogP contribution < -0.4 is 5.32 Å². The number of aromatic nitrogens is 1. The van der Waals surface area contributed by atoms with Gasteiger partial charge in [-0.05, 0) is 27.2 Å². The predicted molar refractivity (Wildman–Crippen MR) is 70.1 cm³/mol. The number of hydrogen-bond acceptors (Lipinski definition) is 5. The van der Waals surface area contributed by atoms with E-state index in [4.69, 9.17) is 0 Å². The van der Waals surface area contributed by atoms with Crippen molar-refractivity contribution in [2.24, 2.45) is 0 Å². The lowest BCUT2D eigenvalue weighted by atomic mass is 10.0. The van der Waals surface area contributed by atoms with Gasteiger partial charge in [-0.2, -0.15) is 0 Å². The van der Waals surface area contributed by atoms with Crippen LogP contribution in [-0.2, 0) is 9.84 Å². The minimum absolute atomic E-state index is 0.0956. The van der Waals surface area contributed by atoms with Crippen LogP contribution in [0.3, 0.4) is 0 Å². The Bertz CT molecular complexity index is 509. The van der Waals surface area contributed by atoms with Gasteiger partial charge in [-0.25, -0.2) is 13.4 Å². The van der Waals surface area contributed by atoms with E-state index in [1.807, 2.05) is 26.2 Å². The number of thiazole rings is 1. The summed E-state index contributed by atoms with van der Waals surface area (Å²) in [6, 6.07) is 0.0956. The molecule has 0 aromatic carbocycles. The smallest absolute Gasteiger partial charge is 0.152 e. The molecule has 1 saturated heterocycles. The summed E-state index contributed by atoms with van der Waals surface area (Å²) in [5, 5.41) is 6.47. The molecule has 17 heavy (non-hydrogen) atoms. The second-order valence-corrected chi connectivity index (χ2v) is 8.31. The number of nitrogens with zero attached hydrogens (tertiary/aromatic N) is 1. The Labute approximate surface area is 106 Å². The van der Waals surface area contributed by atoms with E-state index in [0.29, 0.717) is 12.2 Å². The van der Waals surface area contributed by atoms with Crippen LogP contribution in [-0.4, -0.2) is 30.4 Å². The quantitative estimate of drug-likeness (QED) is 0.911. The zero-order chi connectivity index (χ0) is 12.7. The molecule has 0 aliphatic carbocycles. The third-order valence-electron chi connectivity index (χ3n) is 3.15. The van der Waals surface area contributed by atoms with E-state index in [2.05, 4.69) is 10.3 Å². The first-order chi connectivity index (χ1) is 7.80. The Morgan fingerprint density at radius 3 is 2.76 bits per heavy atom. The second-order valence-electron chi connectivity index (χ2n) is 5.06. The van der Waals surface area contributed by atoms with Crippen LogP contribution in [0.25, 0.3) is 0 Å². The number of hydrogen-bond donors (Lipinski definition) is 1. The molecule has 6 heteroatoms. The van der Waals surface area contributed by atoms with Crippen molar-refractivity contribution in [1.29, 1.82) is 0 Å². The minimum Gasteiger partial charge on any atom is -0.302 e. The summed E-state index contributed by atoms with van der Waals surface area (Å²) in [5.41, 5.74) is 0.688. The van der Waals surface area contributed by atoms with Crippen LogP contribution in [0.5, 0.6) is 0 Å². The first kappa shape index (κ1) is 13.0. The van der Waals surface area contributed by atoms with Crippen LogP contribution in [0.1, 0.15) is 37.0 Å². The number of aryl methyl sites for hydroxylation is 1. The van der Waals surface area contributed by atoms with E-state index in [1.165, 1.54) is 0 Å². The van der Waals surface area contributed by atoms with E-state index < -0.39 is 9.84 Å². The van der Waals surface area contributed by atoms with E-state index in [9.17, 15) is 8.42 Å². The molecular weight excluding hydrogens is 256 g/mol. The maximum atomic E-state index is 11.5.